The maximum Gasteiger partial charge on any atom is 0.250 e. The highest BCUT2D eigenvalue weighted by Crippen LogP contribution is 2.19. The lowest BCUT2D eigenvalue weighted by Crippen LogP contribution is -2.56. The van der Waals surface area contributed by atoms with Gasteiger partial charge in [-0.15, -0.1) is 0 Å². The molecule has 0 radical (unpaired) electrons. The molecule has 214 valence electrons. The van der Waals surface area contributed by atoms with Gasteiger partial charge in [-0.25, -0.2) is 0 Å². The molecular formula is C30H40N6O4. The number of carbonyl (C=O) groups excluding carboxylic acids is 4. The van der Waals surface area contributed by atoms with E-state index in [2.05, 4.69) is 16.0 Å². The number of anilines is 1. The smallest absolute Gasteiger partial charge is 0.250 e. The van der Waals surface area contributed by atoms with Crippen LogP contribution in [0.25, 0.3) is 0 Å². The second-order valence-corrected chi connectivity index (χ2v) is 10.3. The number of nitrogens with two attached hydrogens (primary N) is 1. The van der Waals surface area contributed by atoms with Gasteiger partial charge in [0.05, 0.1) is 12.6 Å². The van der Waals surface area contributed by atoms with Crippen molar-refractivity contribution < 1.29 is 19.2 Å². The van der Waals surface area contributed by atoms with E-state index in [0.717, 1.165) is 11.1 Å². The molecule has 10 heteroatoms. The summed E-state index contributed by atoms with van der Waals surface area (Å²) in [7, 11) is 1.66. The van der Waals surface area contributed by atoms with Crippen LogP contribution in [-0.2, 0) is 32.0 Å². The Labute approximate surface area is 236 Å². The van der Waals surface area contributed by atoms with Crippen LogP contribution in [0.15, 0.2) is 67.0 Å². The first-order valence-electron chi connectivity index (χ1n) is 13.5. The number of rotatable bonds is 12. The van der Waals surface area contributed by atoms with E-state index < -0.39 is 29.9 Å². The van der Waals surface area contributed by atoms with Gasteiger partial charge in [0.25, 0.3) is 0 Å². The number of hydrogen-bond donors (Lipinski definition) is 4. The summed E-state index contributed by atoms with van der Waals surface area (Å²) >= 11 is 0. The monoisotopic (exact) mass is 548 g/mol. The van der Waals surface area contributed by atoms with E-state index >= 15 is 0 Å². The number of likely N-dealkylation sites (N-methyl/N-ethyl adjacent to an activating group) is 1. The van der Waals surface area contributed by atoms with E-state index in [1.165, 1.54) is 4.90 Å². The number of hydrogen-bond acceptors (Lipinski definition) is 6. The third kappa shape index (κ3) is 8.16. The Morgan fingerprint density at radius 2 is 1.60 bits per heavy atom. The lowest BCUT2D eigenvalue weighted by atomic mass is 10.0. The second-order valence-electron chi connectivity index (χ2n) is 10.3. The molecule has 10 nitrogen and oxygen atoms in total. The van der Waals surface area contributed by atoms with Crippen LogP contribution in [0.5, 0.6) is 0 Å². The van der Waals surface area contributed by atoms with Crippen LogP contribution in [0.2, 0.25) is 0 Å². The molecular weight excluding hydrogens is 508 g/mol. The van der Waals surface area contributed by atoms with Gasteiger partial charge in [0.15, 0.2) is 0 Å². The Balaban J connectivity index is 1.73. The van der Waals surface area contributed by atoms with Crippen LogP contribution in [0, 0.1) is 5.92 Å². The SMILES string of the molecule is CN[C@@H](C)C(=O)N[C@H](C(=O)NCC(=O)N1C=CN(CCc2ccccc2)C(=O)[C@@H]1Cc1ccc(N)cc1)C(C)C. The average Bonchev–Trinajstić information content (AvgIpc) is 2.95. The Hall–Kier alpha value is -4.18. The van der Waals surface area contributed by atoms with E-state index in [-0.39, 0.29) is 30.7 Å². The van der Waals surface area contributed by atoms with Crippen molar-refractivity contribution in [2.24, 2.45) is 5.92 Å². The van der Waals surface area contributed by atoms with Crippen LogP contribution in [0.3, 0.4) is 0 Å². The third-order valence-electron chi connectivity index (χ3n) is 6.98. The molecule has 0 fully saturated rings. The summed E-state index contributed by atoms with van der Waals surface area (Å²) in [5.74, 6) is -1.61. The first-order valence-corrected chi connectivity index (χ1v) is 13.5. The number of nitrogen functional groups attached to an aromatic ring is 1. The van der Waals surface area contributed by atoms with E-state index in [1.54, 1.807) is 43.4 Å². The highest BCUT2D eigenvalue weighted by Gasteiger charge is 2.35. The predicted octanol–water partition coefficient (Wildman–Crippen LogP) is 1.43. The Bertz CT molecular complexity index is 1200. The molecule has 1 aliphatic rings. The highest BCUT2D eigenvalue weighted by atomic mass is 16.2. The second kappa shape index (κ2) is 14.3. The fourth-order valence-electron chi connectivity index (χ4n) is 4.35. The standard InChI is InChI=1S/C30H40N6O4/c1-20(2)27(34-28(38)21(3)32-4)29(39)33-19-26(37)36-17-16-35(15-14-22-8-6-5-7-9-22)30(40)25(36)18-23-10-12-24(31)13-11-23/h5-13,16-17,20-21,25,27,32H,14-15,18-19,31H2,1-4H3,(H,33,39)(H,34,38)/t21-,25-,27-/m0/s1. The summed E-state index contributed by atoms with van der Waals surface area (Å²) in [5.41, 5.74) is 8.40. The van der Waals surface area contributed by atoms with Crippen molar-refractivity contribution in [3.05, 3.63) is 78.1 Å². The van der Waals surface area contributed by atoms with E-state index in [0.29, 0.717) is 18.7 Å². The predicted molar refractivity (Wildman–Crippen MR) is 154 cm³/mol. The van der Waals surface area contributed by atoms with Gasteiger partial charge >= 0.3 is 0 Å². The first kappa shape index (κ1) is 30.4. The molecule has 3 rings (SSSR count). The summed E-state index contributed by atoms with van der Waals surface area (Å²) in [6.45, 7) is 5.47. The molecule has 40 heavy (non-hydrogen) atoms. The summed E-state index contributed by atoms with van der Waals surface area (Å²) < 4.78 is 0. The van der Waals surface area contributed by atoms with Gasteiger partial charge in [0.2, 0.25) is 23.6 Å². The minimum Gasteiger partial charge on any atom is -0.399 e. The molecule has 0 spiro atoms. The van der Waals surface area contributed by atoms with Gasteiger partial charge in [-0.2, -0.15) is 0 Å². The topological polar surface area (TPSA) is 137 Å². The molecule has 0 bridgehead atoms. The summed E-state index contributed by atoms with van der Waals surface area (Å²) in [4.78, 5) is 55.2. The van der Waals surface area contributed by atoms with Crippen LogP contribution in [0.4, 0.5) is 5.69 Å². The number of carbonyl (C=O) groups is 4. The molecule has 2 aromatic rings. The van der Waals surface area contributed by atoms with Gasteiger partial charge in [-0.1, -0.05) is 56.3 Å². The maximum absolute atomic E-state index is 13.6. The molecule has 2 aromatic carbocycles. The quantitative estimate of drug-likeness (QED) is 0.296. The fraction of sp³-hybridized carbons (Fsp3) is 0.400. The van der Waals surface area contributed by atoms with Gasteiger partial charge in [0.1, 0.15) is 12.1 Å². The first-order chi connectivity index (χ1) is 19.1. The van der Waals surface area contributed by atoms with Gasteiger partial charge in [0, 0.05) is 31.1 Å². The molecule has 1 heterocycles. The minimum absolute atomic E-state index is 0.198. The van der Waals surface area contributed by atoms with Gasteiger partial charge in [-0.05, 0) is 49.6 Å². The molecule has 0 unspecified atom stereocenters. The van der Waals surface area contributed by atoms with Crippen molar-refractivity contribution in [1.29, 1.82) is 0 Å². The molecule has 5 N–H and O–H groups in total. The van der Waals surface area contributed by atoms with E-state index in [1.807, 2.05) is 56.3 Å². The molecule has 1 aliphatic heterocycles. The lowest BCUT2D eigenvalue weighted by Gasteiger charge is -2.36. The Morgan fingerprint density at radius 3 is 2.23 bits per heavy atom. The van der Waals surface area contributed by atoms with Crippen molar-refractivity contribution in [2.45, 2.75) is 51.7 Å². The van der Waals surface area contributed by atoms with Gasteiger partial charge < -0.3 is 31.5 Å². The summed E-state index contributed by atoms with van der Waals surface area (Å²) in [6, 6.07) is 15.0. The lowest BCUT2D eigenvalue weighted by molar-refractivity contribution is -0.143. The van der Waals surface area contributed by atoms with Crippen molar-refractivity contribution >= 4 is 29.3 Å². The third-order valence-corrected chi connectivity index (χ3v) is 6.98. The van der Waals surface area contributed by atoms with Crippen molar-refractivity contribution in [3.8, 4) is 0 Å². The highest BCUT2D eigenvalue weighted by molar-refractivity contribution is 5.94. The van der Waals surface area contributed by atoms with Crippen LogP contribution >= 0.6 is 0 Å². The zero-order valence-electron chi connectivity index (χ0n) is 23.6. The van der Waals surface area contributed by atoms with Crippen LogP contribution in [0.1, 0.15) is 31.9 Å². The fourth-order valence-corrected chi connectivity index (χ4v) is 4.35. The van der Waals surface area contributed by atoms with Crippen molar-refractivity contribution in [2.75, 3.05) is 25.9 Å². The molecule has 0 aliphatic carbocycles. The van der Waals surface area contributed by atoms with Crippen LogP contribution in [-0.4, -0.2) is 71.7 Å². The minimum atomic E-state index is -0.811. The summed E-state index contributed by atoms with van der Waals surface area (Å²) in [6.07, 6.45) is 4.17. The number of nitrogens with zero attached hydrogens (tertiary/aromatic N) is 2. The Morgan fingerprint density at radius 1 is 0.925 bits per heavy atom. The number of amides is 4. The van der Waals surface area contributed by atoms with Crippen molar-refractivity contribution in [3.63, 3.8) is 0 Å². The maximum atomic E-state index is 13.6. The number of benzene rings is 2. The number of nitrogens with one attached hydrogen (secondary N) is 3. The molecule has 0 aromatic heterocycles. The van der Waals surface area contributed by atoms with E-state index in [4.69, 9.17) is 5.73 Å². The molecule has 4 amide bonds. The van der Waals surface area contributed by atoms with Gasteiger partial charge in [-0.3, -0.25) is 19.2 Å². The largest absolute Gasteiger partial charge is 0.399 e. The zero-order chi connectivity index (χ0) is 29.2. The van der Waals surface area contributed by atoms with E-state index in [9.17, 15) is 19.2 Å². The zero-order valence-corrected chi connectivity index (χ0v) is 23.6. The van der Waals surface area contributed by atoms with Crippen molar-refractivity contribution in [1.82, 2.24) is 25.8 Å². The molecule has 0 saturated carbocycles. The summed E-state index contributed by atoms with van der Waals surface area (Å²) in [5, 5.41) is 8.22. The molecule has 3 atom stereocenters. The average molecular weight is 549 g/mol. The Kier molecular flexibility index (Phi) is 10.8. The molecule has 0 saturated heterocycles. The normalized spacial score (nSPS) is 16.5. The van der Waals surface area contributed by atoms with Crippen LogP contribution < -0.4 is 21.7 Å².